The van der Waals surface area contributed by atoms with E-state index in [0.717, 1.165) is 12.1 Å². The summed E-state index contributed by atoms with van der Waals surface area (Å²) in [4.78, 5) is 5.21. The van der Waals surface area contributed by atoms with E-state index in [9.17, 15) is 0 Å². The highest BCUT2D eigenvalue weighted by Crippen LogP contribution is 2.21. The second-order valence-electron chi connectivity index (χ2n) is 4.76. The molecule has 13 heavy (non-hydrogen) atoms. The first kappa shape index (κ1) is 9.47. The van der Waals surface area contributed by atoms with Gasteiger partial charge in [0.2, 0.25) is 0 Å². The molecule has 0 aromatic carbocycles. The molecule has 2 atom stereocenters. The lowest BCUT2D eigenvalue weighted by Gasteiger charge is -2.28. The summed E-state index contributed by atoms with van der Waals surface area (Å²) in [6.45, 7) is 6.35. The van der Waals surface area contributed by atoms with Crippen LogP contribution in [0.2, 0.25) is 0 Å². The predicted octanol–water partition coefficient (Wildman–Crippen LogP) is 1.56. The molecule has 0 radical (unpaired) electrons. The Labute approximate surface area is 81.9 Å². The van der Waals surface area contributed by atoms with Crippen molar-refractivity contribution in [2.75, 3.05) is 26.7 Å². The smallest absolute Gasteiger partial charge is 0.0220 e. The van der Waals surface area contributed by atoms with Crippen molar-refractivity contribution < 1.29 is 0 Å². The Hall–Kier alpha value is -0.0800. The van der Waals surface area contributed by atoms with Crippen LogP contribution in [-0.4, -0.2) is 48.6 Å². The van der Waals surface area contributed by atoms with E-state index in [1.165, 1.54) is 45.3 Å². The van der Waals surface area contributed by atoms with Crippen LogP contribution in [-0.2, 0) is 0 Å². The van der Waals surface area contributed by atoms with Gasteiger partial charge in [-0.05, 0) is 52.7 Å². The molecule has 2 aliphatic heterocycles. The third-order valence-corrected chi connectivity index (χ3v) is 3.81. The van der Waals surface area contributed by atoms with Gasteiger partial charge in [0, 0.05) is 18.6 Å². The van der Waals surface area contributed by atoms with Crippen LogP contribution in [0.4, 0.5) is 0 Å². The summed E-state index contributed by atoms with van der Waals surface area (Å²) in [6, 6.07) is 1.69. The van der Waals surface area contributed by atoms with Gasteiger partial charge in [-0.2, -0.15) is 0 Å². The quantitative estimate of drug-likeness (QED) is 0.639. The average Bonchev–Trinajstić information content (AvgIpc) is 2.65. The van der Waals surface area contributed by atoms with Crippen molar-refractivity contribution in [1.82, 2.24) is 9.80 Å². The molecule has 0 bridgehead atoms. The molecule has 0 amide bonds. The van der Waals surface area contributed by atoms with Crippen LogP contribution in [0.15, 0.2) is 0 Å². The van der Waals surface area contributed by atoms with Gasteiger partial charge < -0.3 is 4.90 Å². The molecule has 2 fully saturated rings. The first-order valence-electron chi connectivity index (χ1n) is 5.71. The standard InChI is InChI=1S/C11H22N2/c1-10-5-3-8-13(10)9-11-6-4-7-12(11)2/h10-11H,3-9H2,1-2H3. The van der Waals surface area contributed by atoms with Crippen LogP contribution in [0, 0.1) is 0 Å². The summed E-state index contributed by atoms with van der Waals surface area (Å²) >= 11 is 0. The van der Waals surface area contributed by atoms with Gasteiger partial charge in [-0.1, -0.05) is 0 Å². The molecule has 0 spiro atoms. The Balaban J connectivity index is 1.82. The molecule has 0 aliphatic carbocycles. The largest absolute Gasteiger partial charge is 0.302 e. The Morgan fingerprint density at radius 3 is 2.46 bits per heavy atom. The maximum atomic E-state index is 2.67. The normalized spacial score (nSPS) is 37.4. The van der Waals surface area contributed by atoms with Crippen molar-refractivity contribution in [3.05, 3.63) is 0 Å². The molecule has 0 aromatic heterocycles. The zero-order valence-corrected chi connectivity index (χ0v) is 9.00. The topological polar surface area (TPSA) is 6.48 Å². The fourth-order valence-corrected chi connectivity index (χ4v) is 2.74. The molecule has 2 saturated heterocycles. The summed E-state index contributed by atoms with van der Waals surface area (Å²) in [6.07, 6.45) is 5.65. The Morgan fingerprint density at radius 2 is 1.92 bits per heavy atom. The van der Waals surface area contributed by atoms with E-state index in [1.54, 1.807) is 0 Å². The van der Waals surface area contributed by atoms with Gasteiger partial charge in [-0.3, -0.25) is 4.90 Å². The number of hydrogen-bond donors (Lipinski definition) is 0. The lowest BCUT2D eigenvalue weighted by molar-refractivity contribution is 0.188. The summed E-state index contributed by atoms with van der Waals surface area (Å²) in [5.41, 5.74) is 0. The van der Waals surface area contributed by atoms with E-state index in [4.69, 9.17) is 0 Å². The van der Waals surface area contributed by atoms with E-state index in [0.29, 0.717) is 0 Å². The molecule has 2 heteroatoms. The van der Waals surface area contributed by atoms with E-state index in [1.807, 2.05) is 0 Å². The van der Waals surface area contributed by atoms with Gasteiger partial charge in [-0.25, -0.2) is 0 Å². The van der Waals surface area contributed by atoms with Crippen molar-refractivity contribution >= 4 is 0 Å². The number of likely N-dealkylation sites (tertiary alicyclic amines) is 2. The van der Waals surface area contributed by atoms with Crippen molar-refractivity contribution in [3.63, 3.8) is 0 Å². The van der Waals surface area contributed by atoms with Crippen LogP contribution in [0.3, 0.4) is 0 Å². The zero-order valence-electron chi connectivity index (χ0n) is 9.00. The molecule has 0 N–H and O–H groups in total. The Morgan fingerprint density at radius 1 is 1.15 bits per heavy atom. The molecule has 2 nitrogen and oxygen atoms in total. The van der Waals surface area contributed by atoms with Gasteiger partial charge in [0.05, 0.1) is 0 Å². The molecule has 2 aliphatic rings. The lowest BCUT2D eigenvalue weighted by Crippen LogP contribution is -2.39. The predicted molar refractivity (Wildman–Crippen MR) is 55.9 cm³/mol. The minimum atomic E-state index is 0.842. The second kappa shape index (κ2) is 3.97. The molecular formula is C11H22N2. The minimum Gasteiger partial charge on any atom is -0.302 e. The van der Waals surface area contributed by atoms with Crippen LogP contribution in [0.5, 0.6) is 0 Å². The number of rotatable bonds is 2. The molecule has 0 saturated carbocycles. The summed E-state index contributed by atoms with van der Waals surface area (Å²) in [7, 11) is 2.28. The lowest BCUT2D eigenvalue weighted by atomic mass is 10.2. The molecule has 76 valence electrons. The zero-order chi connectivity index (χ0) is 9.26. The maximum Gasteiger partial charge on any atom is 0.0220 e. The average molecular weight is 182 g/mol. The molecule has 0 aromatic rings. The van der Waals surface area contributed by atoms with Crippen LogP contribution in [0.25, 0.3) is 0 Å². The van der Waals surface area contributed by atoms with Gasteiger partial charge in [0.25, 0.3) is 0 Å². The first-order chi connectivity index (χ1) is 6.27. The van der Waals surface area contributed by atoms with Crippen molar-refractivity contribution in [2.24, 2.45) is 0 Å². The van der Waals surface area contributed by atoms with Gasteiger partial charge in [0.15, 0.2) is 0 Å². The van der Waals surface area contributed by atoms with Crippen molar-refractivity contribution in [1.29, 1.82) is 0 Å². The third kappa shape index (κ3) is 2.05. The maximum absolute atomic E-state index is 2.67. The minimum absolute atomic E-state index is 0.842. The summed E-state index contributed by atoms with van der Waals surface area (Å²) < 4.78 is 0. The van der Waals surface area contributed by atoms with Crippen LogP contribution < -0.4 is 0 Å². The van der Waals surface area contributed by atoms with Crippen molar-refractivity contribution in [3.8, 4) is 0 Å². The van der Waals surface area contributed by atoms with E-state index < -0.39 is 0 Å². The Kier molecular flexibility index (Phi) is 2.89. The number of nitrogens with zero attached hydrogens (tertiary/aromatic N) is 2. The van der Waals surface area contributed by atoms with Crippen molar-refractivity contribution in [2.45, 2.75) is 44.7 Å². The third-order valence-electron chi connectivity index (χ3n) is 3.81. The molecule has 2 heterocycles. The summed E-state index contributed by atoms with van der Waals surface area (Å²) in [5, 5.41) is 0. The monoisotopic (exact) mass is 182 g/mol. The highest BCUT2D eigenvalue weighted by molar-refractivity contribution is 4.84. The SMILES string of the molecule is CC1CCCN1CC1CCCN1C. The molecule has 2 unspecified atom stereocenters. The first-order valence-corrected chi connectivity index (χ1v) is 5.71. The second-order valence-corrected chi connectivity index (χ2v) is 4.76. The van der Waals surface area contributed by atoms with Crippen LogP contribution in [0.1, 0.15) is 32.6 Å². The van der Waals surface area contributed by atoms with E-state index in [-0.39, 0.29) is 0 Å². The summed E-state index contributed by atoms with van der Waals surface area (Å²) in [5.74, 6) is 0. The van der Waals surface area contributed by atoms with Gasteiger partial charge >= 0.3 is 0 Å². The highest BCUT2D eigenvalue weighted by Gasteiger charge is 2.27. The van der Waals surface area contributed by atoms with Gasteiger partial charge in [0.1, 0.15) is 0 Å². The van der Waals surface area contributed by atoms with Gasteiger partial charge in [-0.15, -0.1) is 0 Å². The Bertz CT molecular complexity index is 151. The fraction of sp³-hybridized carbons (Fsp3) is 1.00. The van der Waals surface area contributed by atoms with E-state index in [2.05, 4.69) is 23.8 Å². The highest BCUT2D eigenvalue weighted by atomic mass is 15.2. The number of hydrogen-bond acceptors (Lipinski definition) is 2. The molecule has 2 rings (SSSR count). The molecular weight excluding hydrogens is 160 g/mol. The van der Waals surface area contributed by atoms with E-state index >= 15 is 0 Å². The van der Waals surface area contributed by atoms with Crippen LogP contribution >= 0.6 is 0 Å². The fourth-order valence-electron chi connectivity index (χ4n) is 2.74. The number of likely N-dealkylation sites (N-methyl/N-ethyl adjacent to an activating group) is 1.